The molecule has 0 amide bonds. The zero-order valence-electron chi connectivity index (χ0n) is 21.9. The Bertz CT molecular complexity index is 1130. The third-order valence-corrected chi connectivity index (χ3v) is 8.14. The molecule has 1 heterocycles. The third-order valence-electron chi connectivity index (χ3n) is 8.14. The van der Waals surface area contributed by atoms with Gasteiger partial charge in [-0.3, -0.25) is 0 Å². The second kappa shape index (κ2) is 10.8. The molecule has 2 N–H and O–H groups in total. The standard InChI is InChI=1S/C17H14N.C14H26O2.Ir/c1-12-9-13(2)11-15(10-12)17-16-6-4-3-5-14(16)7-8-18-17;1-13(2)7-5-6-9-8-14(3,4)12(16)10(9)11(13)15;/h3-10H,1-2H3;9-12,15-16H,5-8H2,1-4H3;/q-1;;. The monoisotopic (exact) mass is 651 g/mol. The number of hydrogen-bond acceptors (Lipinski definition) is 3. The number of aliphatic hydroxyl groups excluding tert-OH is 2. The van der Waals surface area contributed by atoms with Crippen LogP contribution in [-0.4, -0.2) is 27.4 Å². The van der Waals surface area contributed by atoms with Crippen molar-refractivity contribution < 1.29 is 30.3 Å². The number of hydrogen-bond donors (Lipinski definition) is 2. The van der Waals surface area contributed by atoms with Crippen molar-refractivity contribution >= 4 is 10.8 Å². The summed E-state index contributed by atoms with van der Waals surface area (Å²) in [6.45, 7) is 12.7. The maximum absolute atomic E-state index is 10.5. The van der Waals surface area contributed by atoms with Crippen LogP contribution < -0.4 is 0 Å². The molecule has 0 spiro atoms. The molecular formula is C31H40IrNO2-. The molecule has 2 aliphatic carbocycles. The van der Waals surface area contributed by atoms with Crippen molar-refractivity contribution in [3.8, 4) is 11.3 Å². The van der Waals surface area contributed by atoms with Gasteiger partial charge in [0.15, 0.2) is 0 Å². The SMILES string of the molecule is CC1(C)CCCC2CC(C)(C)C(O)C2C1O.Cc1[c-]c(-c2nccc3ccccc23)cc(C)c1.[Ir]. The van der Waals surface area contributed by atoms with E-state index in [4.69, 9.17) is 0 Å². The average Bonchev–Trinajstić information content (AvgIpc) is 2.93. The van der Waals surface area contributed by atoms with Gasteiger partial charge in [0.2, 0.25) is 0 Å². The fraction of sp³-hybridized carbons (Fsp3) is 0.516. The van der Waals surface area contributed by atoms with E-state index in [1.54, 1.807) is 0 Å². The van der Waals surface area contributed by atoms with E-state index in [2.05, 4.69) is 89.0 Å². The van der Waals surface area contributed by atoms with E-state index in [0.29, 0.717) is 5.92 Å². The minimum absolute atomic E-state index is 0. The van der Waals surface area contributed by atoms with E-state index in [1.165, 1.54) is 29.2 Å². The van der Waals surface area contributed by atoms with Gasteiger partial charge in [0.25, 0.3) is 0 Å². The maximum atomic E-state index is 10.5. The van der Waals surface area contributed by atoms with Gasteiger partial charge < -0.3 is 15.2 Å². The first kappa shape index (κ1) is 28.0. The molecule has 4 heteroatoms. The predicted octanol–water partition coefficient (Wildman–Crippen LogP) is 6.90. The first-order chi connectivity index (χ1) is 16.0. The summed E-state index contributed by atoms with van der Waals surface area (Å²) in [5.74, 6) is 0.606. The first-order valence-corrected chi connectivity index (χ1v) is 12.7. The Balaban J connectivity index is 0.000000192. The van der Waals surface area contributed by atoms with Gasteiger partial charge in [-0.15, -0.1) is 34.9 Å². The van der Waals surface area contributed by atoms with Crippen molar-refractivity contribution in [2.24, 2.45) is 22.7 Å². The van der Waals surface area contributed by atoms with Gasteiger partial charge in [0.05, 0.1) is 12.2 Å². The Morgan fingerprint density at radius 3 is 2.34 bits per heavy atom. The summed E-state index contributed by atoms with van der Waals surface area (Å²) in [4.78, 5) is 4.53. The molecule has 2 fully saturated rings. The Kier molecular flexibility index (Phi) is 8.64. The molecule has 2 saturated carbocycles. The van der Waals surface area contributed by atoms with Gasteiger partial charge in [-0.1, -0.05) is 72.2 Å². The van der Waals surface area contributed by atoms with Crippen LogP contribution in [0.5, 0.6) is 0 Å². The van der Waals surface area contributed by atoms with E-state index in [0.717, 1.165) is 29.7 Å². The zero-order chi connectivity index (χ0) is 24.7. The molecule has 4 unspecified atom stereocenters. The van der Waals surface area contributed by atoms with Crippen LogP contribution in [0.15, 0.2) is 48.7 Å². The fourth-order valence-corrected chi connectivity index (χ4v) is 6.28. The van der Waals surface area contributed by atoms with Crippen LogP contribution in [0.4, 0.5) is 0 Å². The Hall–Kier alpha value is -1.58. The van der Waals surface area contributed by atoms with Crippen molar-refractivity contribution in [2.45, 2.75) is 79.4 Å². The topological polar surface area (TPSA) is 53.4 Å². The minimum Gasteiger partial charge on any atom is -0.392 e. The quantitative estimate of drug-likeness (QED) is 0.282. The summed E-state index contributed by atoms with van der Waals surface area (Å²) in [7, 11) is 0. The molecule has 191 valence electrons. The number of nitrogens with zero attached hydrogens (tertiary/aromatic N) is 1. The fourth-order valence-electron chi connectivity index (χ4n) is 6.28. The number of aliphatic hydroxyl groups is 2. The zero-order valence-corrected chi connectivity index (χ0v) is 24.3. The molecule has 0 aliphatic heterocycles. The smallest absolute Gasteiger partial charge is 0.0646 e. The van der Waals surface area contributed by atoms with Crippen molar-refractivity contribution in [3.05, 3.63) is 65.9 Å². The van der Waals surface area contributed by atoms with Crippen LogP contribution >= 0.6 is 0 Å². The van der Waals surface area contributed by atoms with E-state index >= 15 is 0 Å². The molecule has 1 aromatic heterocycles. The molecule has 5 rings (SSSR count). The summed E-state index contributed by atoms with van der Waals surface area (Å²) in [6.07, 6.45) is 5.67. The molecule has 0 bridgehead atoms. The van der Waals surface area contributed by atoms with E-state index in [1.807, 2.05) is 12.3 Å². The predicted molar refractivity (Wildman–Crippen MR) is 141 cm³/mol. The summed E-state index contributed by atoms with van der Waals surface area (Å²) in [5, 5.41) is 23.3. The summed E-state index contributed by atoms with van der Waals surface area (Å²) in [6, 6.07) is 18.0. The number of fused-ring (bicyclic) bond motifs is 2. The van der Waals surface area contributed by atoms with Gasteiger partial charge in [0, 0.05) is 32.2 Å². The number of pyridine rings is 1. The number of aromatic nitrogens is 1. The average molecular weight is 651 g/mol. The van der Waals surface area contributed by atoms with Crippen LogP contribution in [0.1, 0.15) is 64.5 Å². The molecule has 3 nitrogen and oxygen atoms in total. The van der Waals surface area contributed by atoms with Crippen molar-refractivity contribution in [3.63, 3.8) is 0 Å². The van der Waals surface area contributed by atoms with Crippen LogP contribution in [-0.2, 0) is 20.1 Å². The summed E-state index contributed by atoms with van der Waals surface area (Å²) >= 11 is 0. The maximum Gasteiger partial charge on any atom is 0.0646 e. The second-order valence-electron chi connectivity index (χ2n) is 11.9. The van der Waals surface area contributed by atoms with E-state index in [-0.39, 0.29) is 49.1 Å². The normalized spacial score (nSPS) is 26.6. The first-order valence-electron chi connectivity index (χ1n) is 12.7. The molecule has 0 saturated heterocycles. The molecule has 35 heavy (non-hydrogen) atoms. The van der Waals surface area contributed by atoms with Crippen LogP contribution in [0, 0.1) is 42.6 Å². The molecule has 2 aliphatic rings. The van der Waals surface area contributed by atoms with Crippen molar-refractivity contribution in [2.75, 3.05) is 0 Å². The van der Waals surface area contributed by atoms with E-state index < -0.39 is 0 Å². The summed E-state index contributed by atoms with van der Waals surface area (Å²) < 4.78 is 0. The Morgan fingerprint density at radius 1 is 0.943 bits per heavy atom. The number of aryl methyl sites for hydroxylation is 2. The van der Waals surface area contributed by atoms with Crippen LogP contribution in [0.2, 0.25) is 0 Å². The Labute approximate surface area is 224 Å². The third kappa shape index (κ3) is 5.88. The van der Waals surface area contributed by atoms with E-state index in [9.17, 15) is 10.2 Å². The van der Waals surface area contributed by atoms with Gasteiger partial charge >= 0.3 is 0 Å². The molecular weight excluding hydrogens is 611 g/mol. The van der Waals surface area contributed by atoms with Gasteiger partial charge in [-0.25, -0.2) is 0 Å². The molecule has 3 aromatic rings. The second-order valence-corrected chi connectivity index (χ2v) is 11.9. The van der Waals surface area contributed by atoms with Gasteiger partial charge in [-0.05, 0) is 58.5 Å². The minimum atomic E-state index is -0.350. The molecule has 2 aromatic carbocycles. The van der Waals surface area contributed by atoms with Crippen molar-refractivity contribution in [1.82, 2.24) is 4.98 Å². The largest absolute Gasteiger partial charge is 0.392 e. The van der Waals surface area contributed by atoms with Crippen LogP contribution in [0.3, 0.4) is 0 Å². The number of rotatable bonds is 1. The molecule has 1 radical (unpaired) electrons. The van der Waals surface area contributed by atoms with Gasteiger partial charge in [0.1, 0.15) is 0 Å². The van der Waals surface area contributed by atoms with Gasteiger partial charge in [-0.2, -0.15) is 0 Å². The summed E-state index contributed by atoms with van der Waals surface area (Å²) in [5.41, 5.74) is 4.42. The van der Waals surface area contributed by atoms with Crippen LogP contribution in [0.25, 0.3) is 22.0 Å². The number of benzene rings is 2. The van der Waals surface area contributed by atoms with Crippen molar-refractivity contribution in [1.29, 1.82) is 0 Å². The molecule has 4 atom stereocenters. The Morgan fingerprint density at radius 2 is 1.63 bits per heavy atom.